The summed E-state index contributed by atoms with van der Waals surface area (Å²) in [5.41, 5.74) is 0.768. The number of hydrogen-bond donors (Lipinski definition) is 1. The summed E-state index contributed by atoms with van der Waals surface area (Å²) in [6.07, 6.45) is 0. The van der Waals surface area contributed by atoms with Crippen molar-refractivity contribution >= 4 is 17.5 Å². The van der Waals surface area contributed by atoms with E-state index in [-0.39, 0.29) is 35.6 Å². The number of benzene rings is 2. The van der Waals surface area contributed by atoms with E-state index in [2.05, 4.69) is 5.32 Å². The highest BCUT2D eigenvalue weighted by molar-refractivity contribution is 6.32. The molecule has 0 atom stereocenters. The van der Waals surface area contributed by atoms with Crippen LogP contribution in [0.5, 0.6) is 5.75 Å². The van der Waals surface area contributed by atoms with Crippen LogP contribution in [0.2, 0.25) is 5.02 Å². The van der Waals surface area contributed by atoms with Gasteiger partial charge in [-0.1, -0.05) is 23.7 Å². The van der Waals surface area contributed by atoms with E-state index < -0.39 is 5.82 Å². The Labute approximate surface area is 125 Å². The first-order valence-corrected chi connectivity index (χ1v) is 6.51. The van der Waals surface area contributed by atoms with Gasteiger partial charge in [0.2, 0.25) is 0 Å². The zero-order valence-corrected chi connectivity index (χ0v) is 11.7. The Kier molecular flexibility index (Phi) is 5.11. The maximum absolute atomic E-state index is 12.8. The highest BCUT2D eigenvalue weighted by Crippen LogP contribution is 2.24. The molecule has 0 radical (unpaired) electrons. The lowest BCUT2D eigenvalue weighted by molar-refractivity contribution is -0.123. The maximum atomic E-state index is 12.8. The summed E-state index contributed by atoms with van der Waals surface area (Å²) < 4.78 is 30.7. The Morgan fingerprint density at radius 1 is 1.10 bits per heavy atom. The zero-order valence-electron chi connectivity index (χ0n) is 10.9. The lowest BCUT2D eigenvalue weighted by Gasteiger charge is -2.09. The second-order valence-electron chi connectivity index (χ2n) is 4.27. The minimum Gasteiger partial charge on any atom is -0.482 e. The molecule has 6 heteroatoms. The molecule has 0 aromatic heterocycles. The Balaban J connectivity index is 1.80. The van der Waals surface area contributed by atoms with Crippen LogP contribution in [0.15, 0.2) is 42.5 Å². The van der Waals surface area contributed by atoms with Gasteiger partial charge in [0.1, 0.15) is 17.4 Å². The van der Waals surface area contributed by atoms with Gasteiger partial charge in [0.25, 0.3) is 5.91 Å². The molecule has 0 unspecified atom stereocenters. The van der Waals surface area contributed by atoms with Crippen LogP contribution < -0.4 is 10.1 Å². The molecule has 1 amide bonds. The van der Waals surface area contributed by atoms with E-state index >= 15 is 0 Å². The fourth-order valence-corrected chi connectivity index (χ4v) is 1.81. The van der Waals surface area contributed by atoms with Crippen LogP contribution >= 0.6 is 11.6 Å². The van der Waals surface area contributed by atoms with Crippen molar-refractivity contribution in [2.45, 2.75) is 6.54 Å². The lowest BCUT2D eigenvalue weighted by Crippen LogP contribution is -2.28. The van der Waals surface area contributed by atoms with Gasteiger partial charge in [0.05, 0.1) is 5.02 Å². The van der Waals surface area contributed by atoms with Gasteiger partial charge in [-0.25, -0.2) is 8.78 Å². The molecule has 2 rings (SSSR count). The number of rotatable bonds is 5. The highest BCUT2D eigenvalue weighted by Gasteiger charge is 2.07. The molecule has 0 aliphatic rings. The van der Waals surface area contributed by atoms with Crippen molar-refractivity contribution in [3.63, 3.8) is 0 Å². The van der Waals surface area contributed by atoms with Gasteiger partial charge in [-0.15, -0.1) is 0 Å². The van der Waals surface area contributed by atoms with Crippen LogP contribution in [0.25, 0.3) is 0 Å². The molecule has 21 heavy (non-hydrogen) atoms. The van der Waals surface area contributed by atoms with E-state index in [1.807, 2.05) is 0 Å². The number of nitrogens with one attached hydrogen (secondary N) is 1. The van der Waals surface area contributed by atoms with Crippen LogP contribution in [-0.4, -0.2) is 12.5 Å². The molecular weight excluding hydrogens is 300 g/mol. The first-order chi connectivity index (χ1) is 10.0. The summed E-state index contributed by atoms with van der Waals surface area (Å²) in [4.78, 5) is 11.6. The van der Waals surface area contributed by atoms with Crippen molar-refractivity contribution in [3.8, 4) is 5.75 Å². The first-order valence-electron chi connectivity index (χ1n) is 6.13. The Morgan fingerprint density at radius 2 is 1.76 bits per heavy atom. The van der Waals surface area contributed by atoms with E-state index in [0.29, 0.717) is 0 Å². The van der Waals surface area contributed by atoms with E-state index in [0.717, 1.165) is 11.6 Å². The van der Waals surface area contributed by atoms with Crippen molar-refractivity contribution < 1.29 is 18.3 Å². The first kappa shape index (κ1) is 15.3. The monoisotopic (exact) mass is 311 g/mol. The smallest absolute Gasteiger partial charge is 0.258 e. The molecule has 2 aromatic rings. The Morgan fingerprint density at radius 3 is 2.43 bits per heavy atom. The zero-order chi connectivity index (χ0) is 15.2. The minimum absolute atomic E-state index is 0.0985. The summed E-state index contributed by atoms with van der Waals surface area (Å²) in [6.45, 7) is 0.0200. The molecule has 0 spiro atoms. The number of carbonyl (C=O) groups is 1. The van der Waals surface area contributed by atoms with Crippen LogP contribution in [0.1, 0.15) is 5.56 Å². The van der Waals surface area contributed by atoms with Crippen LogP contribution in [0.4, 0.5) is 8.78 Å². The van der Waals surface area contributed by atoms with E-state index in [9.17, 15) is 13.6 Å². The molecule has 0 fully saturated rings. The number of amides is 1. The third-order valence-electron chi connectivity index (χ3n) is 2.66. The van der Waals surface area contributed by atoms with Crippen molar-refractivity contribution in [2.24, 2.45) is 0 Å². The quantitative estimate of drug-likeness (QED) is 0.920. The molecule has 0 aliphatic carbocycles. The van der Waals surface area contributed by atoms with Crippen LogP contribution in [0.3, 0.4) is 0 Å². The Bertz CT molecular complexity index is 632. The second-order valence-corrected chi connectivity index (χ2v) is 4.67. The third kappa shape index (κ3) is 4.72. The second kappa shape index (κ2) is 7.04. The molecule has 2 aromatic carbocycles. The number of carbonyl (C=O) groups excluding carboxylic acids is 1. The molecule has 0 heterocycles. The van der Waals surface area contributed by atoms with E-state index in [1.165, 1.54) is 24.3 Å². The van der Waals surface area contributed by atoms with Crippen LogP contribution in [-0.2, 0) is 11.3 Å². The molecule has 3 nitrogen and oxygen atoms in total. The van der Waals surface area contributed by atoms with Gasteiger partial charge < -0.3 is 10.1 Å². The lowest BCUT2D eigenvalue weighted by atomic mass is 10.2. The number of halogens is 3. The summed E-state index contributed by atoms with van der Waals surface area (Å²) in [6, 6.07) is 9.43. The third-order valence-corrected chi connectivity index (χ3v) is 2.95. The topological polar surface area (TPSA) is 38.3 Å². The van der Waals surface area contributed by atoms with Gasteiger partial charge in [-0.2, -0.15) is 0 Å². The van der Waals surface area contributed by atoms with Gasteiger partial charge >= 0.3 is 0 Å². The predicted molar refractivity (Wildman–Crippen MR) is 75.2 cm³/mol. The Hall–Kier alpha value is -2.14. The average molecular weight is 312 g/mol. The normalized spacial score (nSPS) is 10.2. The van der Waals surface area contributed by atoms with Gasteiger partial charge in [0.15, 0.2) is 6.61 Å². The van der Waals surface area contributed by atoms with Crippen LogP contribution in [0, 0.1) is 11.6 Å². The number of ether oxygens (including phenoxy) is 1. The minimum atomic E-state index is -0.479. The molecular formula is C15H12ClF2NO2. The SMILES string of the molecule is O=C(COc1ccc(F)cc1Cl)NCc1ccc(F)cc1. The van der Waals surface area contributed by atoms with Gasteiger partial charge in [-0.3, -0.25) is 4.79 Å². The van der Waals surface area contributed by atoms with Gasteiger partial charge in [-0.05, 0) is 35.9 Å². The van der Waals surface area contributed by atoms with Crippen molar-refractivity contribution in [1.29, 1.82) is 0 Å². The summed E-state index contributed by atoms with van der Waals surface area (Å²) in [5.74, 6) is -0.942. The van der Waals surface area contributed by atoms with E-state index in [4.69, 9.17) is 16.3 Å². The van der Waals surface area contributed by atoms with E-state index in [1.54, 1.807) is 12.1 Å². The molecule has 0 saturated carbocycles. The number of hydrogen-bond acceptors (Lipinski definition) is 2. The molecule has 0 bridgehead atoms. The highest BCUT2D eigenvalue weighted by atomic mass is 35.5. The molecule has 0 aliphatic heterocycles. The maximum Gasteiger partial charge on any atom is 0.258 e. The molecule has 0 saturated heterocycles. The average Bonchev–Trinajstić information content (AvgIpc) is 2.46. The van der Waals surface area contributed by atoms with Gasteiger partial charge in [0, 0.05) is 6.54 Å². The fraction of sp³-hybridized carbons (Fsp3) is 0.133. The van der Waals surface area contributed by atoms with Crippen molar-refractivity contribution in [3.05, 3.63) is 64.7 Å². The van der Waals surface area contributed by atoms with Crippen molar-refractivity contribution in [2.75, 3.05) is 6.61 Å². The summed E-state index contributed by atoms with van der Waals surface area (Å²) in [7, 11) is 0. The predicted octanol–water partition coefficient (Wildman–Crippen LogP) is 3.31. The van der Waals surface area contributed by atoms with Crippen molar-refractivity contribution in [1.82, 2.24) is 5.32 Å². The summed E-state index contributed by atoms with van der Waals surface area (Å²) in [5, 5.41) is 2.71. The summed E-state index contributed by atoms with van der Waals surface area (Å²) >= 11 is 5.77. The fourth-order valence-electron chi connectivity index (χ4n) is 1.59. The largest absolute Gasteiger partial charge is 0.482 e. The molecule has 110 valence electrons. The standard InChI is InChI=1S/C15H12ClF2NO2/c16-13-7-12(18)5-6-14(13)21-9-15(20)19-8-10-1-3-11(17)4-2-10/h1-7H,8-9H2,(H,19,20). The molecule has 1 N–H and O–H groups in total.